The van der Waals surface area contributed by atoms with Gasteiger partial charge in [0.1, 0.15) is 5.75 Å². The van der Waals surface area contributed by atoms with E-state index in [0.29, 0.717) is 12.2 Å². The van der Waals surface area contributed by atoms with E-state index in [2.05, 4.69) is 5.32 Å². The van der Waals surface area contributed by atoms with Gasteiger partial charge in [0.2, 0.25) is 10.0 Å². The first-order valence-corrected chi connectivity index (χ1v) is 7.57. The van der Waals surface area contributed by atoms with Gasteiger partial charge in [-0.15, -0.1) is 0 Å². The number of sulfonamides is 1. The number of para-hydroxylation sites is 1. The summed E-state index contributed by atoms with van der Waals surface area (Å²) >= 11 is 0. The molecule has 0 aromatic heterocycles. The lowest BCUT2D eigenvalue weighted by atomic mass is 10.1. The van der Waals surface area contributed by atoms with Crippen LogP contribution in [0.25, 0.3) is 0 Å². The fraction of sp³-hybridized carbons (Fsp3) is 0.143. The van der Waals surface area contributed by atoms with Gasteiger partial charge in [0.25, 0.3) is 0 Å². The van der Waals surface area contributed by atoms with Gasteiger partial charge >= 0.3 is 0 Å². The van der Waals surface area contributed by atoms with Crippen LogP contribution in [0.3, 0.4) is 0 Å². The lowest BCUT2D eigenvalue weighted by Gasteiger charge is -2.10. The Morgan fingerprint density at radius 2 is 1.90 bits per heavy atom. The van der Waals surface area contributed by atoms with E-state index in [4.69, 9.17) is 5.14 Å². The lowest BCUT2D eigenvalue weighted by molar-refractivity contribution is 0.465. The highest BCUT2D eigenvalue weighted by Crippen LogP contribution is 2.23. The zero-order chi connectivity index (χ0) is 14.8. The molecule has 0 aliphatic carbocycles. The van der Waals surface area contributed by atoms with Gasteiger partial charge in [-0.25, -0.2) is 13.6 Å². The number of anilines is 1. The Morgan fingerprint density at radius 1 is 1.20 bits per heavy atom. The monoisotopic (exact) mass is 292 g/mol. The molecule has 0 radical (unpaired) electrons. The minimum Gasteiger partial charge on any atom is -0.507 e. The Bertz CT molecular complexity index is 727. The van der Waals surface area contributed by atoms with E-state index in [1.807, 2.05) is 19.1 Å². The molecule has 2 aromatic carbocycles. The molecule has 0 unspecified atom stereocenters. The maximum Gasteiger partial charge on any atom is 0.238 e. The predicted octanol–water partition coefficient (Wildman–Crippen LogP) is 1.96. The highest BCUT2D eigenvalue weighted by molar-refractivity contribution is 7.89. The quantitative estimate of drug-likeness (QED) is 0.803. The van der Waals surface area contributed by atoms with Crippen molar-refractivity contribution >= 4 is 15.7 Å². The number of nitrogens with two attached hydrogens (primary N) is 1. The molecule has 5 nitrogen and oxygen atoms in total. The molecule has 0 saturated carbocycles. The number of phenols is 1. The van der Waals surface area contributed by atoms with Gasteiger partial charge in [-0.2, -0.15) is 0 Å². The first kappa shape index (κ1) is 14.4. The third kappa shape index (κ3) is 3.28. The molecule has 0 atom stereocenters. The van der Waals surface area contributed by atoms with Crippen molar-refractivity contribution in [1.29, 1.82) is 0 Å². The van der Waals surface area contributed by atoms with Gasteiger partial charge in [-0.05, 0) is 30.7 Å². The molecule has 0 saturated heterocycles. The van der Waals surface area contributed by atoms with Crippen molar-refractivity contribution < 1.29 is 13.5 Å². The van der Waals surface area contributed by atoms with E-state index in [-0.39, 0.29) is 10.6 Å². The SMILES string of the molecule is Cc1cccc(CNc2cccc(S(N)(=O)=O)c2)c1O. The van der Waals surface area contributed by atoms with E-state index in [1.165, 1.54) is 12.1 Å². The van der Waals surface area contributed by atoms with Crippen LogP contribution < -0.4 is 10.5 Å². The number of benzene rings is 2. The molecule has 0 fully saturated rings. The molecule has 0 heterocycles. The van der Waals surface area contributed by atoms with Crippen molar-refractivity contribution in [3.63, 3.8) is 0 Å². The van der Waals surface area contributed by atoms with Crippen LogP contribution in [-0.2, 0) is 16.6 Å². The topological polar surface area (TPSA) is 92.4 Å². The normalized spacial score (nSPS) is 11.3. The zero-order valence-corrected chi connectivity index (χ0v) is 11.8. The summed E-state index contributed by atoms with van der Waals surface area (Å²) in [4.78, 5) is 0.0518. The molecule has 2 rings (SSSR count). The van der Waals surface area contributed by atoms with Crippen LogP contribution in [0, 0.1) is 6.92 Å². The van der Waals surface area contributed by atoms with Gasteiger partial charge in [0.05, 0.1) is 4.90 Å². The smallest absolute Gasteiger partial charge is 0.238 e. The minimum atomic E-state index is -3.71. The van der Waals surface area contributed by atoms with Gasteiger partial charge in [0, 0.05) is 17.8 Å². The van der Waals surface area contributed by atoms with Crippen LogP contribution in [0.5, 0.6) is 5.75 Å². The zero-order valence-electron chi connectivity index (χ0n) is 11.0. The minimum absolute atomic E-state index is 0.0518. The second kappa shape index (κ2) is 5.52. The summed E-state index contributed by atoms with van der Waals surface area (Å²) < 4.78 is 22.5. The number of aryl methyl sites for hydroxylation is 1. The van der Waals surface area contributed by atoms with Crippen molar-refractivity contribution in [2.45, 2.75) is 18.4 Å². The molecule has 0 spiro atoms. The summed E-state index contributed by atoms with van der Waals surface area (Å²) in [5.41, 5.74) is 2.16. The third-order valence-electron chi connectivity index (χ3n) is 2.97. The summed E-state index contributed by atoms with van der Waals surface area (Å²) in [6.07, 6.45) is 0. The van der Waals surface area contributed by atoms with Gasteiger partial charge in [0.15, 0.2) is 0 Å². The standard InChI is InChI=1S/C14H16N2O3S/c1-10-4-2-5-11(14(10)17)9-16-12-6-3-7-13(8-12)20(15,18)19/h2-8,16-17H,9H2,1H3,(H2,15,18,19). The molecule has 0 aliphatic heterocycles. The summed E-state index contributed by atoms with van der Waals surface area (Å²) in [5, 5.41) is 18.0. The van der Waals surface area contributed by atoms with Gasteiger partial charge in [-0.1, -0.05) is 24.3 Å². The number of phenolic OH excluding ortho intramolecular Hbond substituents is 1. The average molecular weight is 292 g/mol. The van der Waals surface area contributed by atoms with Gasteiger partial charge < -0.3 is 10.4 Å². The number of primary sulfonamides is 1. The maximum atomic E-state index is 11.3. The summed E-state index contributed by atoms with van der Waals surface area (Å²) in [6.45, 7) is 2.21. The molecular weight excluding hydrogens is 276 g/mol. The van der Waals surface area contributed by atoms with Gasteiger partial charge in [-0.3, -0.25) is 0 Å². The molecular formula is C14H16N2O3S. The second-order valence-corrected chi connectivity index (χ2v) is 6.07. The van der Waals surface area contributed by atoms with Crippen LogP contribution in [0.4, 0.5) is 5.69 Å². The summed E-state index contributed by atoms with van der Waals surface area (Å²) in [5.74, 6) is 0.239. The van der Waals surface area contributed by atoms with Crippen molar-refractivity contribution in [3.05, 3.63) is 53.6 Å². The van der Waals surface area contributed by atoms with Crippen molar-refractivity contribution in [2.24, 2.45) is 5.14 Å². The Hall–Kier alpha value is -2.05. The Kier molecular flexibility index (Phi) is 3.96. The van der Waals surface area contributed by atoms with E-state index >= 15 is 0 Å². The van der Waals surface area contributed by atoms with Crippen molar-refractivity contribution in [3.8, 4) is 5.75 Å². The molecule has 4 N–H and O–H groups in total. The number of hydrogen-bond donors (Lipinski definition) is 3. The van der Waals surface area contributed by atoms with E-state index in [1.54, 1.807) is 18.2 Å². The van der Waals surface area contributed by atoms with Crippen LogP contribution in [0.1, 0.15) is 11.1 Å². The first-order chi connectivity index (χ1) is 9.38. The van der Waals surface area contributed by atoms with E-state index < -0.39 is 10.0 Å². The highest BCUT2D eigenvalue weighted by Gasteiger charge is 2.08. The predicted molar refractivity (Wildman–Crippen MR) is 78.0 cm³/mol. The van der Waals surface area contributed by atoms with Crippen molar-refractivity contribution in [2.75, 3.05) is 5.32 Å². The third-order valence-corrected chi connectivity index (χ3v) is 3.88. The fourth-order valence-corrected chi connectivity index (χ4v) is 2.40. The van der Waals surface area contributed by atoms with E-state index in [9.17, 15) is 13.5 Å². The second-order valence-electron chi connectivity index (χ2n) is 4.51. The molecule has 2 aromatic rings. The first-order valence-electron chi connectivity index (χ1n) is 6.02. The number of aromatic hydroxyl groups is 1. The maximum absolute atomic E-state index is 11.3. The molecule has 106 valence electrons. The molecule has 0 amide bonds. The molecule has 6 heteroatoms. The Labute approximate surface area is 118 Å². The van der Waals surface area contributed by atoms with E-state index in [0.717, 1.165) is 11.1 Å². The molecule has 0 aliphatic rings. The largest absolute Gasteiger partial charge is 0.507 e. The van der Waals surface area contributed by atoms with Crippen LogP contribution >= 0.6 is 0 Å². The molecule has 20 heavy (non-hydrogen) atoms. The number of hydrogen-bond acceptors (Lipinski definition) is 4. The molecule has 0 bridgehead atoms. The highest BCUT2D eigenvalue weighted by atomic mass is 32.2. The van der Waals surface area contributed by atoms with Crippen molar-refractivity contribution in [1.82, 2.24) is 0 Å². The van der Waals surface area contributed by atoms with Crippen LogP contribution in [-0.4, -0.2) is 13.5 Å². The number of nitrogens with one attached hydrogen (secondary N) is 1. The number of rotatable bonds is 4. The summed E-state index contributed by atoms with van der Waals surface area (Å²) in [7, 11) is -3.71. The van der Waals surface area contributed by atoms with Crippen LogP contribution in [0.2, 0.25) is 0 Å². The summed E-state index contributed by atoms with van der Waals surface area (Å²) in [6, 6.07) is 11.7. The fourth-order valence-electron chi connectivity index (χ4n) is 1.84. The Morgan fingerprint density at radius 3 is 2.60 bits per heavy atom. The Balaban J connectivity index is 2.18. The van der Waals surface area contributed by atoms with Crippen LogP contribution in [0.15, 0.2) is 47.4 Å². The lowest BCUT2D eigenvalue weighted by Crippen LogP contribution is -2.12. The average Bonchev–Trinajstić information content (AvgIpc) is 2.40.